The van der Waals surface area contributed by atoms with Gasteiger partial charge in [0.2, 0.25) is 0 Å². The summed E-state index contributed by atoms with van der Waals surface area (Å²) in [5.41, 5.74) is 5.43. The van der Waals surface area contributed by atoms with E-state index in [1.807, 2.05) is 36.5 Å². The number of hydrogen-bond donors (Lipinski definition) is 0. The SMILES string of the molecule is Cc1c(C)n(-c2cccnc2)c2ncn3nc(CO/N=C\c4ccccc4Cl)nc3c12. The molecule has 0 saturated heterocycles. The molecule has 0 unspecified atom stereocenters. The van der Waals surface area contributed by atoms with Crippen LogP contribution in [0.2, 0.25) is 5.02 Å². The second kappa shape index (κ2) is 7.81. The maximum absolute atomic E-state index is 6.12. The molecule has 0 radical (unpaired) electrons. The first-order valence-electron chi connectivity index (χ1n) is 9.65. The van der Waals surface area contributed by atoms with Gasteiger partial charge in [-0.2, -0.15) is 0 Å². The zero-order valence-corrected chi connectivity index (χ0v) is 17.7. The van der Waals surface area contributed by atoms with Crippen LogP contribution in [0.3, 0.4) is 0 Å². The van der Waals surface area contributed by atoms with E-state index in [0.29, 0.717) is 10.8 Å². The molecule has 0 aliphatic rings. The van der Waals surface area contributed by atoms with E-state index < -0.39 is 0 Å². The van der Waals surface area contributed by atoms with Crippen molar-refractivity contribution >= 4 is 34.5 Å². The van der Waals surface area contributed by atoms with Gasteiger partial charge in [-0.15, -0.1) is 5.10 Å². The van der Waals surface area contributed by atoms with Gasteiger partial charge < -0.3 is 4.84 Å². The zero-order chi connectivity index (χ0) is 21.4. The molecule has 0 N–H and O–H groups in total. The van der Waals surface area contributed by atoms with Crippen LogP contribution >= 0.6 is 11.6 Å². The third-order valence-corrected chi connectivity index (χ3v) is 5.49. The fraction of sp³-hybridized carbons (Fsp3) is 0.136. The summed E-state index contributed by atoms with van der Waals surface area (Å²) < 4.78 is 3.75. The van der Waals surface area contributed by atoms with Gasteiger partial charge in [0, 0.05) is 22.5 Å². The van der Waals surface area contributed by atoms with E-state index >= 15 is 0 Å². The largest absolute Gasteiger partial charge is 0.387 e. The molecule has 4 heterocycles. The Morgan fingerprint density at radius 2 is 2.00 bits per heavy atom. The molecule has 0 aliphatic carbocycles. The molecule has 0 saturated carbocycles. The fourth-order valence-electron chi connectivity index (χ4n) is 3.54. The first-order chi connectivity index (χ1) is 15.1. The average Bonchev–Trinajstić information content (AvgIpc) is 3.31. The molecule has 8 nitrogen and oxygen atoms in total. The lowest BCUT2D eigenvalue weighted by Crippen LogP contribution is -1.99. The quantitative estimate of drug-likeness (QED) is 0.306. The Bertz CT molecular complexity index is 1420. The summed E-state index contributed by atoms with van der Waals surface area (Å²) in [6.45, 7) is 4.25. The Balaban J connectivity index is 1.47. The number of nitrogens with zero attached hydrogens (tertiary/aromatic N) is 7. The second-order valence-corrected chi connectivity index (χ2v) is 7.43. The van der Waals surface area contributed by atoms with Crippen molar-refractivity contribution in [1.29, 1.82) is 0 Å². The van der Waals surface area contributed by atoms with Gasteiger partial charge in [-0.1, -0.05) is 35.0 Å². The summed E-state index contributed by atoms with van der Waals surface area (Å²) in [4.78, 5) is 18.9. The number of halogens is 1. The van der Waals surface area contributed by atoms with Gasteiger partial charge in [-0.05, 0) is 37.6 Å². The molecule has 0 bridgehead atoms. The van der Waals surface area contributed by atoms with Crippen molar-refractivity contribution in [2.24, 2.45) is 5.16 Å². The van der Waals surface area contributed by atoms with Crippen molar-refractivity contribution in [3.63, 3.8) is 0 Å². The highest BCUT2D eigenvalue weighted by molar-refractivity contribution is 6.33. The minimum atomic E-state index is 0.130. The lowest BCUT2D eigenvalue weighted by Gasteiger charge is -2.06. The van der Waals surface area contributed by atoms with E-state index in [1.165, 1.54) is 0 Å². The van der Waals surface area contributed by atoms with Crippen LogP contribution in [0, 0.1) is 13.8 Å². The van der Waals surface area contributed by atoms with E-state index in [0.717, 1.165) is 39.2 Å². The number of oxime groups is 1. The zero-order valence-electron chi connectivity index (χ0n) is 16.9. The Labute approximate surface area is 182 Å². The lowest BCUT2D eigenvalue weighted by atomic mass is 10.2. The lowest BCUT2D eigenvalue weighted by molar-refractivity contribution is 0.126. The summed E-state index contributed by atoms with van der Waals surface area (Å²) in [6.07, 6.45) is 6.80. The molecular weight excluding hydrogens is 414 g/mol. The van der Waals surface area contributed by atoms with Crippen LogP contribution in [-0.4, -0.2) is 35.3 Å². The number of hydrogen-bond acceptors (Lipinski definition) is 6. The summed E-state index contributed by atoms with van der Waals surface area (Å²) >= 11 is 6.12. The number of aromatic nitrogens is 6. The summed E-state index contributed by atoms with van der Waals surface area (Å²) in [5.74, 6) is 0.511. The van der Waals surface area contributed by atoms with Crippen molar-refractivity contribution in [2.45, 2.75) is 20.5 Å². The second-order valence-electron chi connectivity index (χ2n) is 7.03. The number of fused-ring (bicyclic) bond motifs is 3. The van der Waals surface area contributed by atoms with Crippen molar-refractivity contribution < 1.29 is 4.84 Å². The Morgan fingerprint density at radius 3 is 2.81 bits per heavy atom. The fourth-order valence-corrected chi connectivity index (χ4v) is 3.72. The van der Waals surface area contributed by atoms with E-state index in [-0.39, 0.29) is 6.61 Å². The molecule has 9 heteroatoms. The summed E-state index contributed by atoms with van der Waals surface area (Å²) in [5, 5.41) is 10.0. The predicted octanol–water partition coefficient (Wildman–Crippen LogP) is 4.28. The Kier molecular flexibility index (Phi) is 4.83. The van der Waals surface area contributed by atoms with Gasteiger partial charge in [0.05, 0.1) is 23.5 Å². The molecule has 5 aromatic rings. The van der Waals surface area contributed by atoms with Crippen LogP contribution in [0.15, 0.2) is 60.3 Å². The number of rotatable bonds is 5. The minimum absolute atomic E-state index is 0.130. The van der Waals surface area contributed by atoms with Crippen LogP contribution in [0.1, 0.15) is 22.6 Å². The van der Waals surface area contributed by atoms with Crippen LogP contribution in [0.4, 0.5) is 0 Å². The average molecular weight is 432 g/mol. The molecule has 1 aromatic carbocycles. The summed E-state index contributed by atoms with van der Waals surface area (Å²) in [6, 6.07) is 11.3. The minimum Gasteiger partial charge on any atom is -0.387 e. The maximum atomic E-state index is 6.12. The smallest absolute Gasteiger partial charge is 0.192 e. The summed E-state index contributed by atoms with van der Waals surface area (Å²) in [7, 11) is 0. The van der Waals surface area contributed by atoms with Gasteiger partial charge >= 0.3 is 0 Å². The van der Waals surface area contributed by atoms with Gasteiger partial charge in [0.15, 0.2) is 23.7 Å². The van der Waals surface area contributed by atoms with E-state index in [1.54, 1.807) is 29.3 Å². The number of aryl methyl sites for hydroxylation is 1. The van der Waals surface area contributed by atoms with Crippen LogP contribution in [-0.2, 0) is 11.4 Å². The third-order valence-electron chi connectivity index (χ3n) is 5.15. The molecule has 154 valence electrons. The van der Waals surface area contributed by atoms with Gasteiger partial charge in [0.1, 0.15) is 6.33 Å². The molecule has 0 aliphatic heterocycles. The molecule has 0 spiro atoms. The molecule has 0 atom stereocenters. The Hall–Kier alpha value is -3.78. The first kappa shape index (κ1) is 19.2. The Morgan fingerprint density at radius 1 is 1.13 bits per heavy atom. The molecule has 0 fully saturated rings. The molecule has 31 heavy (non-hydrogen) atoms. The number of pyridine rings is 1. The molecule has 0 amide bonds. The van der Waals surface area contributed by atoms with Crippen molar-refractivity contribution in [3.05, 3.63) is 82.8 Å². The van der Waals surface area contributed by atoms with Crippen molar-refractivity contribution in [1.82, 2.24) is 29.1 Å². The highest BCUT2D eigenvalue weighted by Gasteiger charge is 2.19. The van der Waals surface area contributed by atoms with Crippen LogP contribution < -0.4 is 0 Å². The monoisotopic (exact) mass is 431 g/mol. The van der Waals surface area contributed by atoms with E-state index in [4.69, 9.17) is 16.4 Å². The topological polar surface area (TPSA) is 82.5 Å². The molecular formula is C22H18ClN7O. The van der Waals surface area contributed by atoms with Gasteiger partial charge in [-0.3, -0.25) is 9.55 Å². The molecule has 5 rings (SSSR count). The molecule has 4 aromatic heterocycles. The van der Waals surface area contributed by atoms with Crippen LogP contribution in [0.5, 0.6) is 0 Å². The normalized spacial score (nSPS) is 11.7. The highest BCUT2D eigenvalue weighted by atomic mass is 35.5. The maximum Gasteiger partial charge on any atom is 0.192 e. The third kappa shape index (κ3) is 3.40. The van der Waals surface area contributed by atoms with Gasteiger partial charge in [-0.25, -0.2) is 14.5 Å². The first-order valence-corrected chi connectivity index (χ1v) is 10.0. The number of benzene rings is 1. The van der Waals surface area contributed by atoms with E-state index in [2.05, 4.69) is 43.6 Å². The van der Waals surface area contributed by atoms with Gasteiger partial charge in [0.25, 0.3) is 0 Å². The standard InChI is InChI=1S/C22H18ClN7O/c1-14-15(2)30(17-7-5-9-24-11-17)21-20(14)22-27-19(28-29(22)13-25-21)12-31-26-10-16-6-3-4-8-18(16)23/h3-11,13H,12H2,1-2H3/b26-10-. The van der Waals surface area contributed by atoms with Crippen molar-refractivity contribution in [2.75, 3.05) is 0 Å². The van der Waals surface area contributed by atoms with E-state index in [9.17, 15) is 0 Å². The van der Waals surface area contributed by atoms with Crippen LogP contribution in [0.25, 0.3) is 22.4 Å². The van der Waals surface area contributed by atoms with Crippen molar-refractivity contribution in [3.8, 4) is 5.69 Å². The highest BCUT2D eigenvalue weighted by Crippen LogP contribution is 2.29. The predicted molar refractivity (Wildman–Crippen MR) is 119 cm³/mol.